The van der Waals surface area contributed by atoms with Gasteiger partial charge in [-0.15, -0.1) is 0 Å². The number of hydrogen-bond acceptors (Lipinski definition) is 6. The van der Waals surface area contributed by atoms with E-state index in [1.165, 1.54) is 0 Å². The van der Waals surface area contributed by atoms with Crippen molar-refractivity contribution in [3.8, 4) is 0 Å². The summed E-state index contributed by atoms with van der Waals surface area (Å²) in [4.78, 5) is 0. The van der Waals surface area contributed by atoms with Gasteiger partial charge in [-0.3, -0.25) is 9.11 Å². The first-order valence-corrected chi connectivity index (χ1v) is 7.61. The maximum Gasteiger partial charge on any atom is 0.292 e. The molecule has 2 unspecified atom stereocenters. The van der Waals surface area contributed by atoms with Gasteiger partial charge in [-0.05, 0) is 19.3 Å². The molecule has 0 rings (SSSR count). The van der Waals surface area contributed by atoms with Crippen LogP contribution in [0.4, 0.5) is 0 Å². The molecule has 0 saturated carbocycles. The van der Waals surface area contributed by atoms with E-state index in [1.54, 1.807) is 0 Å². The molecular formula is C7H16O8S2. The highest BCUT2D eigenvalue weighted by molar-refractivity contribution is 7.86. The third-order valence-corrected chi connectivity index (χ3v) is 4.26. The molecule has 0 fully saturated rings. The lowest BCUT2D eigenvalue weighted by molar-refractivity contribution is 0.125. The van der Waals surface area contributed by atoms with E-state index in [2.05, 4.69) is 9.47 Å². The summed E-state index contributed by atoms with van der Waals surface area (Å²) in [6.07, 6.45) is -0.133. The number of rotatable bonds is 8. The van der Waals surface area contributed by atoms with Gasteiger partial charge in [0.1, 0.15) is 0 Å². The molecule has 0 aliphatic carbocycles. The lowest BCUT2D eigenvalue weighted by Crippen LogP contribution is -2.25. The monoisotopic (exact) mass is 292 g/mol. The molecule has 17 heavy (non-hydrogen) atoms. The van der Waals surface area contributed by atoms with E-state index in [4.69, 9.17) is 9.11 Å². The first-order chi connectivity index (χ1) is 7.62. The van der Waals surface area contributed by atoms with Crippen molar-refractivity contribution < 1.29 is 35.4 Å². The fourth-order valence-corrected chi connectivity index (χ4v) is 2.64. The van der Waals surface area contributed by atoms with Gasteiger partial charge < -0.3 is 9.47 Å². The molecule has 0 aliphatic rings. The fourth-order valence-electron chi connectivity index (χ4n) is 1.23. The normalized spacial score (nSPS) is 16.7. The maximum absolute atomic E-state index is 10.7. The number of ether oxygens (including phenoxy) is 2. The molecule has 10 heteroatoms. The van der Waals surface area contributed by atoms with Crippen LogP contribution < -0.4 is 0 Å². The Morgan fingerprint density at radius 3 is 1.35 bits per heavy atom. The first kappa shape index (κ1) is 16.7. The third kappa shape index (κ3) is 6.29. The highest BCUT2D eigenvalue weighted by Crippen LogP contribution is 2.14. The van der Waals surface area contributed by atoms with E-state index < -0.39 is 31.1 Å². The van der Waals surface area contributed by atoms with Crippen molar-refractivity contribution in [1.82, 2.24) is 0 Å². The van der Waals surface area contributed by atoms with Crippen LogP contribution in [0.15, 0.2) is 0 Å². The summed E-state index contributed by atoms with van der Waals surface area (Å²) >= 11 is 0. The van der Waals surface area contributed by atoms with E-state index in [0.29, 0.717) is 0 Å². The lowest BCUT2D eigenvalue weighted by Gasteiger charge is -2.14. The van der Waals surface area contributed by atoms with Crippen LogP contribution in [0.5, 0.6) is 0 Å². The minimum absolute atomic E-state index is 0.0800. The van der Waals surface area contributed by atoms with Crippen molar-refractivity contribution in [2.24, 2.45) is 0 Å². The Morgan fingerprint density at radius 2 is 1.18 bits per heavy atom. The van der Waals surface area contributed by atoms with Gasteiger partial charge in [-0.1, -0.05) is 0 Å². The highest BCUT2D eigenvalue weighted by atomic mass is 32.2. The molecule has 0 aromatic rings. The Bertz CT molecular complexity index is 371. The van der Waals surface area contributed by atoms with Crippen LogP contribution in [0.2, 0.25) is 0 Å². The molecule has 0 spiro atoms. The summed E-state index contributed by atoms with van der Waals surface area (Å²) in [6.45, 7) is 0. The van der Waals surface area contributed by atoms with Crippen LogP contribution in [0, 0.1) is 0 Å². The molecule has 0 radical (unpaired) electrons. The Morgan fingerprint density at radius 1 is 0.882 bits per heavy atom. The molecule has 2 atom stereocenters. The average Bonchev–Trinajstić information content (AvgIpc) is 2.13. The lowest BCUT2D eigenvalue weighted by atomic mass is 10.2. The van der Waals surface area contributed by atoms with E-state index >= 15 is 0 Å². The molecule has 0 amide bonds. The van der Waals surface area contributed by atoms with E-state index in [0.717, 1.165) is 14.2 Å². The second-order valence-corrected chi connectivity index (χ2v) is 6.40. The largest absolute Gasteiger partial charge is 0.363 e. The van der Waals surface area contributed by atoms with Crippen LogP contribution in [-0.2, 0) is 29.7 Å². The minimum Gasteiger partial charge on any atom is -0.363 e. The summed E-state index contributed by atoms with van der Waals surface area (Å²) in [7, 11) is -6.45. The van der Waals surface area contributed by atoms with Gasteiger partial charge in [-0.2, -0.15) is 16.8 Å². The summed E-state index contributed by atoms with van der Waals surface area (Å²) in [5, 5.41) is 0. The van der Waals surface area contributed by atoms with E-state index in [1.807, 2.05) is 0 Å². The van der Waals surface area contributed by atoms with Crippen molar-refractivity contribution in [1.29, 1.82) is 0 Å². The maximum atomic E-state index is 10.7. The Hall–Kier alpha value is -0.260. The molecule has 0 bridgehead atoms. The molecular weight excluding hydrogens is 276 g/mol. The molecule has 0 aliphatic heterocycles. The second-order valence-electron chi connectivity index (χ2n) is 3.29. The summed E-state index contributed by atoms with van der Waals surface area (Å²) < 4.78 is 69.4. The molecule has 0 aromatic heterocycles. The standard InChI is InChI=1S/C7H16O8S2/c1-14-6(16(8,9)10)4-3-5-7(15-2)17(11,12)13/h6-7H,3-5H2,1-2H3,(H,8,9,10)(H,11,12,13). The van der Waals surface area contributed by atoms with Crippen LogP contribution in [-0.4, -0.2) is 51.0 Å². The molecule has 0 heterocycles. The van der Waals surface area contributed by atoms with E-state index in [9.17, 15) is 16.8 Å². The van der Waals surface area contributed by atoms with Crippen molar-refractivity contribution in [3.05, 3.63) is 0 Å². The quantitative estimate of drug-likeness (QED) is 0.592. The zero-order valence-corrected chi connectivity index (χ0v) is 11.1. The zero-order valence-electron chi connectivity index (χ0n) is 9.44. The molecule has 0 aromatic carbocycles. The smallest absolute Gasteiger partial charge is 0.292 e. The van der Waals surface area contributed by atoms with Crippen molar-refractivity contribution in [3.63, 3.8) is 0 Å². The van der Waals surface area contributed by atoms with Crippen molar-refractivity contribution in [2.45, 2.75) is 30.1 Å². The molecule has 8 nitrogen and oxygen atoms in total. The number of methoxy groups -OCH3 is 2. The summed E-state index contributed by atoms with van der Waals surface area (Å²) in [5.41, 5.74) is -2.83. The predicted molar refractivity (Wildman–Crippen MR) is 58.5 cm³/mol. The van der Waals surface area contributed by atoms with Crippen LogP contribution >= 0.6 is 0 Å². The third-order valence-electron chi connectivity index (χ3n) is 2.07. The van der Waals surface area contributed by atoms with Gasteiger partial charge in [0.15, 0.2) is 10.9 Å². The Labute approximate surface area is 100 Å². The van der Waals surface area contributed by atoms with Gasteiger partial charge in [0.25, 0.3) is 20.2 Å². The Balaban J connectivity index is 4.32. The highest BCUT2D eigenvalue weighted by Gasteiger charge is 2.25. The van der Waals surface area contributed by atoms with E-state index in [-0.39, 0.29) is 19.3 Å². The average molecular weight is 292 g/mol. The summed E-state index contributed by atoms with van der Waals surface area (Å²) in [5.74, 6) is 0. The van der Waals surface area contributed by atoms with Gasteiger partial charge in [-0.25, -0.2) is 0 Å². The van der Waals surface area contributed by atoms with Gasteiger partial charge in [0, 0.05) is 14.2 Å². The second kappa shape index (κ2) is 6.61. The summed E-state index contributed by atoms with van der Waals surface area (Å²) in [6, 6.07) is 0. The van der Waals surface area contributed by atoms with Gasteiger partial charge >= 0.3 is 0 Å². The molecule has 104 valence electrons. The molecule has 0 saturated heterocycles. The molecule has 2 N–H and O–H groups in total. The predicted octanol–water partition coefficient (Wildman–Crippen LogP) is -0.123. The van der Waals surface area contributed by atoms with Gasteiger partial charge in [0.05, 0.1) is 0 Å². The van der Waals surface area contributed by atoms with Crippen LogP contribution in [0.25, 0.3) is 0 Å². The topological polar surface area (TPSA) is 127 Å². The fraction of sp³-hybridized carbons (Fsp3) is 1.00. The first-order valence-electron chi connectivity index (χ1n) is 4.61. The van der Waals surface area contributed by atoms with Crippen molar-refractivity contribution in [2.75, 3.05) is 14.2 Å². The number of hydrogen-bond donors (Lipinski definition) is 2. The van der Waals surface area contributed by atoms with Crippen LogP contribution in [0.3, 0.4) is 0 Å². The SMILES string of the molecule is COC(CCCC(OC)S(=O)(=O)O)S(=O)(=O)O. The zero-order chi connectivity index (χ0) is 13.7. The van der Waals surface area contributed by atoms with Crippen molar-refractivity contribution >= 4 is 20.2 Å². The van der Waals surface area contributed by atoms with Crippen LogP contribution in [0.1, 0.15) is 19.3 Å². The Kier molecular flexibility index (Phi) is 6.51. The minimum atomic E-state index is -4.33. The van der Waals surface area contributed by atoms with Gasteiger partial charge in [0.2, 0.25) is 0 Å².